The summed E-state index contributed by atoms with van der Waals surface area (Å²) in [6.07, 6.45) is 5.23. The number of rotatable bonds is 3. The molecule has 0 spiro atoms. The first-order valence-electron chi connectivity index (χ1n) is 5.25. The summed E-state index contributed by atoms with van der Waals surface area (Å²) in [5.41, 5.74) is 4.81. The van der Waals surface area contributed by atoms with Crippen LogP contribution in [0.2, 0.25) is 0 Å². The Balaban J connectivity index is -0.000000340. The highest BCUT2D eigenvalue weighted by atomic mass is 79.9. The number of imide groups is 1. The van der Waals surface area contributed by atoms with Crippen molar-refractivity contribution < 1.29 is 9.59 Å². The quantitative estimate of drug-likeness (QED) is 0.616. The van der Waals surface area contributed by atoms with Crippen molar-refractivity contribution in [2.45, 2.75) is 44.9 Å². The molecule has 0 saturated heterocycles. The lowest BCUT2D eigenvalue weighted by molar-refractivity contribution is -0.122. The number of hydrogen-bond donors (Lipinski definition) is 2. The van der Waals surface area contributed by atoms with Crippen LogP contribution >= 0.6 is 28.3 Å². The fourth-order valence-corrected chi connectivity index (χ4v) is 0.894. The fourth-order valence-electron chi connectivity index (χ4n) is 0.795. The molecule has 3 N–H and O–H groups in total. The van der Waals surface area contributed by atoms with Crippen LogP contribution in [0, 0.1) is 0 Å². The molecule has 102 valence electrons. The molecule has 0 aromatic carbocycles. The van der Waals surface area contributed by atoms with Gasteiger partial charge in [0.25, 0.3) is 0 Å². The number of nitrogens with two attached hydrogens (primary N) is 1. The maximum atomic E-state index is 11.3. The number of halogens is 2. The van der Waals surface area contributed by atoms with Crippen LogP contribution in [0.1, 0.15) is 40.5 Å². The second-order valence-corrected chi connectivity index (χ2v) is 4.68. The van der Waals surface area contributed by atoms with Crippen molar-refractivity contribution in [1.82, 2.24) is 5.32 Å². The van der Waals surface area contributed by atoms with Crippen molar-refractivity contribution >= 4 is 40.3 Å². The highest BCUT2D eigenvalue weighted by molar-refractivity contribution is 9.10. The Morgan fingerprint density at radius 3 is 1.76 bits per heavy atom. The van der Waals surface area contributed by atoms with E-state index in [0.717, 1.165) is 0 Å². The van der Waals surface area contributed by atoms with E-state index in [0.29, 0.717) is 12.8 Å². The van der Waals surface area contributed by atoms with Crippen LogP contribution in [0.5, 0.6) is 0 Å². The SMILES string of the molecule is C/C=C/C.CCC(Br)(CC)C(=O)NC(N)=O.Cl. The van der Waals surface area contributed by atoms with Crippen molar-refractivity contribution in [2.24, 2.45) is 5.73 Å². The number of urea groups is 1. The van der Waals surface area contributed by atoms with E-state index in [1.165, 1.54) is 0 Å². The molecule has 0 bridgehead atoms. The molecule has 0 aliphatic heterocycles. The van der Waals surface area contributed by atoms with Gasteiger partial charge in [-0.05, 0) is 26.7 Å². The predicted molar refractivity (Wildman–Crippen MR) is 77.7 cm³/mol. The molecule has 0 aliphatic rings. The van der Waals surface area contributed by atoms with Crippen molar-refractivity contribution in [2.75, 3.05) is 0 Å². The van der Waals surface area contributed by atoms with E-state index in [4.69, 9.17) is 5.73 Å². The molecule has 0 rings (SSSR count). The minimum absolute atomic E-state index is 0. The van der Waals surface area contributed by atoms with Gasteiger partial charge in [0.05, 0.1) is 0 Å². The number of primary amides is 1. The summed E-state index contributed by atoms with van der Waals surface area (Å²) in [4.78, 5) is 21.6. The lowest BCUT2D eigenvalue weighted by Gasteiger charge is -2.21. The highest BCUT2D eigenvalue weighted by Crippen LogP contribution is 2.26. The molecule has 3 amide bonds. The van der Waals surface area contributed by atoms with Crippen LogP contribution in [-0.4, -0.2) is 16.3 Å². The molecule has 0 fully saturated rings. The molecule has 0 atom stereocenters. The topological polar surface area (TPSA) is 72.2 Å². The number of amides is 3. The summed E-state index contributed by atoms with van der Waals surface area (Å²) < 4.78 is -0.665. The van der Waals surface area contributed by atoms with Gasteiger partial charge in [0.1, 0.15) is 4.32 Å². The standard InChI is InChI=1S/C7H13BrN2O2.C4H8.ClH/c1-3-7(8,4-2)5(11)10-6(9)12;1-3-4-2;/h3-4H2,1-2H3,(H3,9,10,11,12);3-4H,1-2H3;1H/b;4-3+;. The molecular weight excluding hydrogens is 307 g/mol. The van der Waals surface area contributed by atoms with Gasteiger partial charge in [-0.15, -0.1) is 12.4 Å². The average molecular weight is 330 g/mol. The van der Waals surface area contributed by atoms with Crippen LogP contribution in [0.4, 0.5) is 4.79 Å². The summed E-state index contributed by atoms with van der Waals surface area (Å²) in [5, 5.41) is 2.04. The number of alkyl halides is 1. The summed E-state index contributed by atoms with van der Waals surface area (Å²) in [6, 6.07) is -0.814. The van der Waals surface area contributed by atoms with E-state index in [1.54, 1.807) is 0 Å². The molecule has 6 heteroatoms. The van der Waals surface area contributed by atoms with Gasteiger partial charge in [-0.2, -0.15) is 0 Å². The second-order valence-electron chi connectivity index (χ2n) is 3.16. The molecule has 0 heterocycles. The van der Waals surface area contributed by atoms with Gasteiger partial charge in [0, 0.05) is 0 Å². The summed E-state index contributed by atoms with van der Waals surface area (Å²) in [5.74, 6) is -0.375. The van der Waals surface area contributed by atoms with Gasteiger partial charge in [-0.1, -0.05) is 41.9 Å². The van der Waals surface area contributed by atoms with Gasteiger partial charge in [-0.3, -0.25) is 10.1 Å². The summed E-state index contributed by atoms with van der Waals surface area (Å²) in [6.45, 7) is 7.72. The van der Waals surface area contributed by atoms with E-state index in [1.807, 2.05) is 45.2 Å². The first-order valence-corrected chi connectivity index (χ1v) is 6.04. The van der Waals surface area contributed by atoms with Crippen LogP contribution < -0.4 is 11.1 Å². The number of nitrogens with one attached hydrogen (secondary N) is 1. The first-order chi connectivity index (χ1) is 7.37. The number of carbonyl (C=O) groups is 2. The average Bonchev–Trinajstić information content (AvgIpc) is 2.27. The lowest BCUT2D eigenvalue weighted by Crippen LogP contribution is -2.46. The number of allylic oxidation sites excluding steroid dienone is 2. The molecule has 0 unspecified atom stereocenters. The zero-order chi connectivity index (χ0) is 13.2. The molecule has 0 radical (unpaired) electrons. The molecule has 17 heavy (non-hydrogen) atoms. The normalized spacial score (nSPS) is 9.94. The van der Waals surface area contributed by atoms with Crippen LogP contribution in [-0.2, 0) is 4.79 Å². The van der Waals surface area contributed by atoms with Gasteiger partial charge >= 0.3 is 6.03 Å². The predicted octanol–water partition coefficient (Wildman–Crippen LogP) is 3.14. The van der Waals surface area contributed by atoms with Gasteiger partial charge in [0.15, 0.2) is 0 Å². The third-order valence-electron chi connectivity index (χ3n) is 2.10. The summed E-state index contributed by atoms with van der Waals surface area (Å²) >= 11 is 3.26. The van der Waals surface area contributed by atoms with Crippen molar-refractivity contribution in [3.63, 3.8) is 0 Å². The van der Waals surface area contributed by atoms with E-state index in [-0.39, 0.29) is 18.3 Å². The summed E-state index contributed by atoms with van der Waals surface area (Å²) in [7, 11) is 0. The Labute approximate surface area is 118 Å². The molecular formula is C11H22BrClN2O2. The second kappa shape index (κ2) is 11.9. The van der Waals surface area contributed by atoms with Crippen LogP contribution in [0.25, 0.3) is 0 Å². The van der Waals surface area contributed by atoms with E-state index in [9.17, 15) is 9.59 Å². The largest absolute Gasteiger partial charge is 0.351 e. The molecule has 0 aromatic rings. The van der Waals surface area contributed by atoms with Crippen molar-refractivity contribution in [1.29, 1.82) is 0 Å². The Morgan fingerprint density at radius 1 is 1.24 bits per heavy atom. The molecule has 4 nitrogen and oxygen atoms in total. The van der Waals surface area contributed by atoms with Gasteiger partial charge < -0.3 is 5.73 Å². The fraction of sp³-hybridized carbons (Fsp3) is 0.636. The van der Waals surface area contributed by atoms with Crippen molar-refractivity contribution in [3.8, 4) is 0 Å². The Kier molecular flexibility index (Phi) is 15.2. The van der Waals surface area contributed by atoms with Crippen molar-refractivity contribution in [3.05, 3.63) is 12.2 Å². The van der Waals surface area contributed by atoms with E-state index >= 15 is 0 Å². The zero-order valence-corrected chi connectivity index (χ0v) is 13.2. The van der Waals surface area contributed by atoms with E-state index < -0.39 is 10.4 Å². The number of hydrogen-bond acceptors (Lipinski definition) is 2. The zero-order valence-electron chi connectivity index (χ0n) is 10.7. The Hall–Kier alpha value is -0.550. The van der Waals surface area contributed by atoms with Crippen LogP contribution in [0.15, 0.2) is 12.2 Å². The third-order valence-corrected chi connectivity index (χ3v) is 3.58. The minimum atomic E-state index is -0.814. The molecule has 0 aromatic heterocycles. The lowest BCUT2D eigenvalue weighted by atomic mass is 10.0. The molecule has 0 aliphatic carbocycles. The Morgan fingerprint density at radius 2 is 1.59 bits per heavy atom. The van der Waals surface area contributed by atoms with Gasteiger partial charge in [0.2, 0.25) is 5.91 Å². The molecule has 0 saturated carbocycles. The van der Waals surface area contributed by atoms with Crippen LogP contribution in [0.3, 0.4) is 0 Å². The Bertz CT molecular complexity index is 250. The minimum Gasteiger partial charge on any atom is -0.351 e. The number of carbonyl (C=O) groups excluding carboxylic acids is 2. The monoisotopic (exact) mass is 328 g/mol. The van der Waals surface area contributed by atoms with Gasteiger partial charge in [-0.25, -0.2) is 4.79 Å². The maximum absolute atomic E-state index is 11.3. The highest BCUT2D eigenvalue weighted by Gasteiger charge is 2.32. The first kappa shape index (κ1) is 21.7. The smallest absolute Gasteiger partial charge is 0.318 e. The third kappa shape index (κ3) is 10.3. The maximum Gasteiger partial charge on any atom is 0.318 e. The van der Waals surface area contributed by atoms with E-state index in [2.05, 4.69) is 15.9 Å².